The molecule has 0 bridgehead atoms. The maximum atomic E-state index is 13.0. The van der Waals surface area contributed by atoms with Gasteiger partial charge < -0.3 is 19.7 Å². The molecule has 2 aliphatic heterocycles. The second-order valence-electron chi connectivity index (χ2n) is 7.32. The summed E-state index contributed by atoms with van der Waals surface area (Å²) in [6.07, 6.45) is 0. The highest BCUT2D eigenvalue weighted by Crippen LogP contribution is 2.60. The summed E-state index contributed by atoms with van der Waals surface area (Å²) in [5.74, 6) is -2.02. The number of carbonyl (C=O) groups excluding carboxylic acids is 1. The first-order valence-corrected chi connectivity index (χ1v) is 9.29. The quantitative estimate of drug-likeness (QED) is 0.324. The van der Waals surface area contributed by atoms with E-state index in [1.165, 1.54) is 24.3 Å². The Hall–Kier alpha value is -5.27. The SMILES string of the molecule is O=C1OC2(c3ccc(O)cc3Oc3cc(O)ccc32)c2cc([N+](=O)[O-])c([N+](=O)[O-])c([N+](=O)[O-])c21. The molecule has 0 saturated carbocycles. The molecule has 0 amide bonds. The van der Waals surface area contributed by atoms with Crippen molar-refractivity contribution in [3.63, 3.8) is 0 Å². The molecule has 2 N–H and O–H groups in total. The Kier molecular flexibility index (Phi) is 4.01. The normalized spacial score (nSPS) is 14.4. The molecule has 2 aliphatic rings. The Morgan fingerprint density at radius 1 is 0.735 bits per heavy atom. The van der Waals surface area contributed by atoms with Crippen molar-refractivity contribution in [2.75, 3.05) is 0 Å². The van der Waals surface area contributed by atoms with Crippen molar-refractivity contribution < 1.29 is 39.3 Å². The maximum absolute atomic E-state index is 13.0. The monoisotopic (exact) mass is 467 g/mol. The smallest absolute Gasteiger partial charge is 0.423 e. The number of nitro groups is 3. The molecule has 0 atom stereocenters. The van der Waals surface area contributed by atoms with Gasteiger partial charge in [-0.25, -0.2) is 4.79 Å². The van der Waals surface area contributed by atoms with Gasteiger partial charge in [0.2, 0.25) is 0 Å². The summed E-state index contributed by atoms with van der Waals surface area (Å²) in [5.41, 5.74) is -7.30. The summed E-state index contributed by atoms with van der Waals surface area (Å²) in [7, 11) is 0. The lowest BCUT2D eigenvalue weighted by Crippen LogP contribution is -2.33. The Morgan fingerprint density at radius 2 is 1.26 bits per heavy atom. The summed E-state index contributed by atoms with van der Waals surface area (Å²) in [4.78, 5) is 44.4. The molecule has 170 valence electrons. The van der Waals surface area contributed by atoms with Gasteiger partial charge in [-0.1, -0.05) is 0 Å². The van der Waals surface area contributed by atoms with Crippen molar-refractivity contribution in [1.29, 1.82) is 0 Å². The first-order valence-electron chi connectivity index (χ1n) is 9.29. The molecule has 34 heavy (non-hydrogen) atoms. The van der Waals surface area contributed by atoms with Crippen molar-refractivity contribution in [3.8, 4) is 23.0 Å². The summed E-state index contributed by atoms with van der Waals surface area (Å²) in [5, 5.41) is 54.9. The van der Waals surface area contributed by atoms with Gasteiger partial charge in [0.25, 0.3) is 0 Å². The molecular formula is C20H9N3O11. The van der Waals surface area contributed by atoms with Crippen LogP contribution in [0.4, 0.5) is 17.1 Å². The number of benzene rings is 3. The van der Waals surface area contributed by atoms with Gasteiger partial charge in [-0.15, -0.1) is 0 Å². The van der Waals surface area contributed by atoms with E-state index >= 15 is 0 Å². The molecule has 0 fully saturated rings. The van der Waals surface area contributed by atoms with Crippen LogP contribution in [0.15, 0.2) is 42.5 Å². The summed E-state index contributed by atoms with van der Waals surface area (Å²) in [6.45, 7) is 0. The van der Waals surface area contributed by atoms with Crippen LogP contribution in [0.5, 0.6) is 23.0 Å². The first kappa shape index (κ1) is 20.6. The third-order valence-electron chi connectivity index (χ3n) is 5.55. The number of rotatable bonds is 3. The molecule has 5 rings (SSSR count). The predicted molar refractivity (Wildman–Crippen MR) is 108 cm³/mol. The molecule has 14 heteroatoms. The molecular weight excluding hydrogens is 458 g/mol. The van der Waals surface area contributed by atoms with Crippen molar-refractivity contribution in [2.45, 2.75) is 5.60 Å². The lowest BCUT2D eigenvalue weighted by Gasteiger charge is -2.36. The molecule has 0 aliphatic carbocycles. The van der Waals surface area contributed by atoms with E-state index in [1.54, 1.807) is 0 Å². The Morgan fingerprint density at radius 3 is 1.74 bits per heavy atom. The number of phenolic OH excluding ortho intramolecular Hbond substituents is 2. The van der Waals surface area contributed by atoms with Crippen LogP contribution in [-0.4, -0.2) is 31.0 Å². The van der Waals surface area contributed by atoms with Crippen LogP contribution in [0.3, 0.4) is 0 Å². The van der Waals surface area contributed by atoms with Crippen molar-refractivity contribution in [3.05, 3.63) is 95.1 Å². The van der Waals surface area contributed by atoms with E-state index in [2.05, 4.69) is 0 Å². The zero-order chi connectivity index (χ0) is 24.5. The van der Waals surface area contributed by atoms with Crippen LogP contribution >= 0.6 is 0 Å². The fourth-order valence-electron chi connectivity index (χ4n) is 4.31. The minimum Gasteiger partial charge on any atom is -0.508 e. The van der Waals surface area contributed by atoms with Crippen LogP contribution in [0.1, 0.15) is 27.0 Å². The van der Waals surface area contributed by atoms with Gasteiger partial charge in [0.1, 0.15) is 23.0 Å². The molecule has 0 aromatic heterocycles. The van der Waals surface area contributed by atoms with Gasteiger partial charge >= 0.3 is 23.0 Å². The van der Waals surface area contributed by atoms with Gasteiger partial charge in [-0.05, 0) is 24.3 Å². The molecule has 0 unspecified atom stereocenters. The first-order chi connectivity index (χ1) is 16.1. The second-order valence-corrected chi connectivity index (χ2v) is 7.32. The van der Waals surface area contributed by atoms with E-state index in [0.717, 1.165) is 12.1 Å². The van der Waals surface area contributed by atoms with E-state index in [0.29, 0.717) is 6.07 Å². The van der Waals surface area contributed by atoms with Gasteiger partial charge in [0.05, 0.1) is 14.8 Å². The lowest BCUT2D eigenvalue weighted by atomic mass is 9.77. The largest absolute Gasteiger partial charge is 0.508 e. The predicted octanol–water partition coefficient (Wildman–Crippen LogP) is 3.39. The Labute approximate surface area is 186 Å². The molecule has 2 heterocycles. The zero-order valence-corrected chi connectivity index (χ0v) is 16.5. The van der Waals surface area contributed by atoms with Gasteiger partial charge in [-0.2, -0.15) is 0 Å². The molecule has 14 nitrogen and oxygen atoms in total. The minimum absolute atomic E-state index is 0.0352. The molecule has 0 radical (unpaired) electrons. The maximum Gasteiger partial charge on any atom is 0.423 e. The van der Waals surface area contributed by atoms with E-state index in [9.17, 15) is 45.4 Å². The van der Waals surface area contributed by atoms with Crippen molar-refractivity contribution >= 4 is 23.0 Å². The highest BCUT2D eigenvalue weighted by molar-refractivity contribution is 6.03. The number of carbonyl (C=O) groups is 1. The number of phenols is 2. The molecule has 3 aromatic carbocycles. The summed E-state index contributed by atoms with van der Waals surface area (Å²) < 4.78 is 11.3. The van der Waals surface area contributed by atoms with Crippen molar-refractivity contribution in [1.82, 2.24) is 0 Å². The van der Waals surface area contributed by atoms with E-state index < -0.39 is 54.5 Å². The fourth-order valence-corrected chi connectivity index (χ4v) is 4.31. The number of aromatic hydroxyl groups is 2. The summed E-state index contributed by atoms with van der Waals surface area (Å²) in [6, 6.07) is 7.94. The minimum atomic E-state index is -2.07. The Bertz CT molecular complexity index is 1450. The summed E-state index contributed by atoms with van der Waals surface area (Å²) >= 11 is 0. The fraction of sp³-hybridized carbons (Fsp3) is 0.0500. The number of esters is 1. The third-order valence-corrected chi connectivity index (χ3v) is 5.55. The average molecular weight is 467 g/mol. The van der Waals surface area contributed by atoms with Crippen LogP contribution in [0.25, 0.3) is 0 Å². The number of nitrogens with zero attached hydrogens (tertiary/aromatic N) is 3. The molecule has 3 aromatic rings. The zero-order valence-electron chi connectivity index (χ0n) is 16.5. The second kappa shape index (κ2) is 6.61. The topological polar surface area (TPSA) is 205 Å². The number of hydrogen-bond donors (Lipinski definition) is 2. The van der Waals surface area contributed by atoms with Crippen LogP contribution in [-0.2, 0) is 10.3 Å². The number of ether oxygens (including phenoxy) is 2. The number of fused-ring (bicyclic) bond motifs is 6. The molecule has 0 saturated heterocycles. The standard InChI is InChI=1S/C20H9N3O11/c24-8-1-3-10-14(5-8)33-15-6-9(25)2-4-11(15)20(10)12-7-13(21(27)28)17(22(29)30)18(23(31)32)16(12)19(26)34-20/h1-7,24-25H. The molecule has 1 spiro atoms. The van der Waals surface area contributed by atoms with Gasteiger partial charge in [-0.3, -0.25) is 30.3 Å². The number of nitro benzene ring substituents is 3. The highest BCUT2D eigenvalue weighted by Gasteiger charge is 2.59. The average Bonchev–Trinajstić information content (AvgIpc) is 3.04. The van der Waals surface area contributed by atoms with Gasteiger partial charge in [0, 0.05) is 34.9 Å². The number of hydrogen-bond acceptors (Lipinski definition) is 11. The highest BCUT2D eigenvalue weighted by atomic mass is 16.7. The Balaban J connectivity index is 1.99. The van der Waals surface area contributed by atoms with Crippen LogP contribution in [0, 0.1) is 30.3 Å². The van der Waals surface area contributed by atoms with Crippen LogP contribution in [0.2, 0.25) is 0 Å². The third kappa shape index (κ3) is 2.52. The van der Waals surface area contributed by atoms with E-state index in [4.69, 9.17) is 9.47 Å². The van der Waals surface area contributed by atoms with Crippen LogP contribution < -0.4 is 4.74 Å². The van der Waals surface area contributed by atoms with Crippen molar-refractivity contribution in [2.24, 2.45) is 0 Å². The van der Waals surface area contributed by atoms with E-state index in [1.807, 2.05) is 0 Å². The van der Waals surface area contributed by atoms with E-state index in [-0.39, 0.29) is 34.1 Å². The van der Waals surface area contributed by atoms with Gasteiger partial charge in [0.15, 0.2) is 11.2 Å². The lowest BCUT2D eigenvalue weighted by molar-refractivity contribution is -0.441.